The van der Waals surface area contributed by atoms with Crippen LogP contribution in [0.25, 0.3) is 22.6 Å². The Morgan fingerprint density at radius 3 is 1.89 bits per heavy atom. The van der Waals surface area contributed by atoms with Gasteiger partial charge in [-0.25, -0.2) is 14.8 Å². The van der Waals surface area contributed by atoms with Crippen LogP contribution in [0.3, 0.4) is 0 Å². The smallest absolute Gasteiger partial charge is 0.410 e. The van der Waals surface area contributed by atoms with Crippen molar-refractivity contribution in [3.63, 3.8) is 0 Å². The second-order valence-corrected chi connectivity index (χ2v) is 13.1. The fourth-order valence-electron chi connectivity index (χ4n) is 5.02. The third-order valence-electron chi connectivity index (χ3n) is 7.34. The number of aromatic nitrogens is 2. The second kappa shape index (κ2) is 15.9. The fraction of sp³-hybridized carbons (Fsp3) is 0.472. The van der Waals surface area contributed by atoms with Crippen LogP contribution < -0.4 is 0 Å². The predicted molar refractivity (Wildman–Crippen MR) is 185 cm³/mol. The zero-order valence-corrected chi connectivity index (χ0v) is 28.1. The molecule has 0 fully saturated rings. The van der Waals surface area contributed by atoms with E-state index >= 15 is 0 Å². The van der Waals surface area contributed by atoms with Crippen LogP contribution in [0.2, 0.25) is 0 Å². The van der Waals surface area contributed by atoms with Gasteiger partial charge in [-0.3, -0.25) is 9.98 Å². The summed E-state index contributed by atoms with van der Waals surface area (Å²) in [5, 5.41) is 0. The highest BCUT2D eigenvalue weighted by atomic mass is 16.6. The van der Waals surface area contributed by atoms with Gasteiger partial charge in [-0.15, -0.1) is 0 Å². The minimum atomic E-state index is -0.561. The van der Waals surface area contributed by atoms with E-state index < -0.39 is 5.60 Å². The van der Waals surface area contributed by atoms with E-state index in [0.29, 0.717) is 25.3 Å². The number of hydrogen-bond donors (Lipinski definition) is 0. The molecule has 0 saturated carbocycles. The lowest BCUT2D eigenvalue weighted by Crippen LogP contribution is -2.40. The molecule has 2 heterocycles. The van der Waals surface area contributed by atoms with E-state index in [9.17, 15) is 4.79 Å². The van der Waals surface area contributed by atoms with Crippen molar-refractivity contribution in [3.05, 3.63) is 70.9 Å². The number of nitrogens with zero attached hydrogens (tertiary/aromatic N) is 7. The Morgan fingerprint density at radius 2 is 1.38 bits per heavy atom. The highest BCUT2D eigenvalue weighted by molar-refractivity contribution is 5.82. The largest absolute Gasteiger partial charge is 0.444 e. The van der Waals surface area contributed by atoms with Crippen molar-refractivity contribution in [3.8, 4) is 22.6 Å². The van der Waals surface area contributed by atoms with Crippen molar-refractivity contribution >= 4 is 18.5 Å². The first-order valence-electron chi connectivity index (χ1n) is 15.9. The summed E-state index contributed by atoms with van der Waals surface area (Å²) in [6, 6.07) is 16.5. The van der Waals surface area contributed by atoms with Crippen LogP contribution in [0.4, 0.5) is 4.79 Å². The molecule has 0 radical (unpaired) electrons. The molecule has 1 aliphatic rings. The van der Waals surface area contributed by atoms with Crippen LogP contribution in [-0.4, -0.2) is 110 Å². The Morgan fingerprint density at radius 1 is 0.844 bits per heavy atom. The third kappa shape index (κ3) is 10.6. The van der Waals surface area contributed by atoms with Crippen LogP contribution >= 0.6 is 0 Å². The molecule has 3 aromatic rings. The molecular weight excluding hydrogens is 562 g/mol. The fourth-order valence-corrected chi connectivity index (χ4v) is 5.02. The number of fused-ring (bicyclic) bond motifs is 1. The number of benzene rings is 2. The number of carbonyl (C=O) groups excluding carboxylic acids is 1. The normalized spacial score (nSPS) is 13.8. The van der Waals surface area contributed by atoms with E-state index in [1.807, 2.05) is 57.5 Å². The number of amides is 1. The number of ether oxygens (including phenoxy) is 1. The van der Waals surface area contributed by atoms with Crippen molar-refractivity contribution in [1.29, 1.82) is 0 Å². The Hall–Kier alpha value is -3.95. The highest BCUT2D eigenvalue weighted by Gasteiger charge is 2.29. The summed E-state index contributed by atoms with van der Waals surface area (Å²) in [5.74, 6) is 0.635. The molecule has 2 aromatic carbocycles. The maximum atomic E-state index is 13.0. The van der Waals surface area contributed by atoms with Crippen molar-refractivity contribution in [1.82, 2.24) is 24.7 Å². The monoisotopic (exact) mass is 611 g/mol. The summed E-state index contributed by atoms with van der Waals surface area (Å²) in [6.45, 7) is 10.2. The lowest BCUT2D eigenvalue weighted by Gasteiger charge is -2.31. The molecule has 0 N–H and O–H groups in total. The van der Waals surface area contributed by atoms with Crippen LogP contribution in [0.1, 0.15) is 56.0 Å². The van der Waals surface area contributed by atoms with Gasteiger partial charge in [0.15, 0.2) is 5.82 Å². The molecule has 1 aliphatic heterocycles. The molecule has 0 spiro atoms. The van der Waals surface area contributed by atoms with Crippen molar-refractivity contribution in [2.45, 2.75) is 52.2 Å². The van der Waals surface area contributed by atoms with Gasteiger partial charge in [-0.1, -0.05) is 48.5 Å². The molecule has 240 valence electrons. The molecule has 0 bridgehead atoms. The van der Waals surface area contributed by atoms with Gasteiger partial charge < -0.3 is 19.4 Å². The van der Waals surface area contributed by atoms with E-state index in [-0.39, 0.29) is 6.09 Å². The molecule has 0 saturated heterocycles. The first kappa shape index (κ1) is 33.9. The van der Waals surface area contributed by atoms with Crippen molar-refractivity contribution < 1.29 is 9.53 Å². The van der Waals surface area contributed by atoms with Crippen LogP contribution in [-0.2, 0) is 17.7 Å². The summed E-state index contributed by atoms with van der Waals surface area (Å²) in [6.07, 6.45) is 6.25. The lowest BCUT2D eigenvalue weighted by molar-refractivity contribution is 0.0221. The SMILES string of the molecule is CN(C)CCC/N=C/c1ccc(-c2nc3c(c(-c4ccc(/C=N/CCCN(C)C)cc4)n2)CCN(C(=O)OC(C)(C)C)C3)cc1. The molecular formula is C36H49N7O2. The Bertz CT molecular complexity index is 1460. The van der Waals surface area contributed by atoms with Crippen LogP contribution in [0.5, 0.6) is 0 Å². The first-order chi connectivity index (χ1) is 21.5. The van der Waals surface area contributed by atoms with Gasteiger partial charge in [-0.2, -0.15) is 0 Å². The van der Waals surface area contributed by atoms with Crippen LogP contribution in [0, 0.1) is 0 Å². The zero-order valence-electron chi connectivity index (χ0n) is 28.1. The topological polar surface area (TPSA) is 86.5 Å². The summed E-state index contributed by atoms with van der Waals surface area (Å²) in [4.78, 5) is 38.3. The van der Waals surface area contributed by atoms with Gasteiger partial charge in [0.05, 0.1) is 17.9 Å². The van der Waals surface area contributed by atoms with E-state index in [1.165, 1.54) is 0 Å². The molecule has 0 atom stereocenters. The standard InChI is InChI=1S/C36H49N7O2/c1-36(2,3)45-35(44)43-23-18-31-32(26-43)39-34(30-16-12-28(13-17-30)25-38-20-9-22-42(6)7)40-33(31)29-14-10-27(11-15-29)24-37-19-8-21-41(4)5/h10-17,24-25H,8-9,18-23,26H2,1-7H3/b37-24+,38-25+. The first-order valence-corrected chi connectivity index (χ1v) is 15.9. The van der Waals surface area contributed by atoms with E-state index in [4.69, 9.17) is 14.7 Å². The number of carbonyl (C=O) groups is 1. The molecule has 9 nitrogen and oxygen atoms in total. The Labute approximate surface area is 269 Å². The van der Waals surface area contributed by atoms with Crippen molar-refractivity contribution in [2.24, 2.45) is 9.98 Å². The number of hydrogen-bond acceptors (Lipinski definition) is 8. The van der Waals surface area contributed by atoms with E-state index in [2.05, 4.69) is 72.2 Å². The van der Waals surface area contributed by atoms with Crippen LogP contribution in [0.15, 0.2) is 58.5 Å². The van der Waals surface area contributed by atoms with Crippen molar-refractivity contribution in [2.75, 3.05) is 60.9 Å². The van der Waals surface area contributed by atoms with Gasteiger partial charge >= 0.3 is 6.09 Å². The molecule has 45 heavy (non-hydrogen) atoms. The number of rotatable bonds is 12. The average Bonchev–Trinajstić information content (AvgIpc) is 2.99. The van der Waals surface area contributed by atoms with Gasteiger partial charge in [0.2, 0.25) is 0 Å². The Balaban J connectivity index is 1.59. The minimum absolute atomic E-state index is 0.321. The molecule has 9 heteroatoms. The van der Waals surface area contributed by atoms with Gasteiger partial charge in [-0.05, 0) is 92.4 Å². The molecule has 0 unspecified atom stereocenters. The highest BCUT2D eigenvalue weighted by Crippen LogP contribution is 2.31. The van der Waals surface area contributed by atoms with E-state index in [0.717, 1.165) is 78.2 Å². The second-order valence-electron chi connectivity index (χ2n) is 13.1. The van der Waals surface area contributed by atoms with Gasteiger partial charge in [0.25, 0.3) is 0 Å². The molecule has 1 amide bonds. The molecule has 1 aromatic heterocycles. The summed E-state index contributed by atoms with van der Waals surface area (Å²) >= 11 is 0. The number of aliphatic imine (C=N–C) groups is 2. The average molecular weight is 612 g/mol. The van der Waals surface area contributed by atoms with E-state index in [1.54, 1.807) is 4.90 Å². The summed E-state index contributed by atoms with van der Waals surface area (Å²) in [5.41, 5.74) is 6.30. The maximum Gasteiger partial charge on any atom is 0.410 e. The zero-order chi connectivity index (χ0) is 32.4. The molecule has 4 rings (SSSR count). The van der Waals surface area contributed by atoms with Gasteiger partial charge in [0, 0.05) is 48.8 Å². The quantitative estimate of drug-likeness (QED) is 0.189. The van der Waals surface area contributed by atoms with Gasteiger partial charge in [0.1, 0.15) is 5.60 Å². The summed E-state index contributed by atoms with van der Waals surface area (Å²) < 4.78 is 5.68. The molecule has 0 aliphatic carbocycles. The minimum Gasteiger partial charge on any atom is -0.444 e. The lowest BCUT2D eigenvalue weighted by atomic mass is 9.97. The maximum absolute atomic E-state index is 13.0. The third-order valence-corrected chi connectivity index (χ3v) is 7.34. The summed E-state index contributed by atoms with van der Waals surface area (Å²) in [7, 11) is 8.30. The predicted octanol–water partition coefficient (Wildman–Crippen LogP) is 5.85. The Kier molecular flexibility index (Phi) is 12.0.